The Morgan fingerprint density at radius 2 is 0.964 bits per heavy atom. The standard InChI is InChI=1S/C46H88NO7P/c1-3-5-7-9-11-13-15-17-19-21-22-23-24-26-28-30-32-34-36-38-41-51-43-45(44-53-55(49,50)52-42-40-47)54-46(48)39-37-35-33-31-29-27-25-20-18-16-14-12-10-8-6-4-2/h11,13,17,19-20,25,45H,3-10,12,14-16,18,21-24,26-44,47H2,1-2H3,(H,49,50)/b13-11-,19-17-,25-20-. The highest BCUT2D eigenvalue weighted by atomic mass is 31.2. The van der Waals surface area contributed by atoms with Crippen LogP contribution in [0, 0.1) is 0 Å². The van der Waals surface area contributed by atoms with Gasteiger partial charge in [-0.25, -0.2) is 4.57 Å². The lowest BCUT2D eigenvalue weighted by molar-refractivity contribution is -0.154. The molecule has 3 N–H and O–H groups in total. The van der Waals surface area contributed by atoms with Crippen molar-refractivity contribution in [1.29, 1.82) is 0 Å². The molecular formula is C46H88NO7P. The number of hydrogen-bond acceptors (Lipinski definition) is 7. The number of unbranched alkanes of at least 4 members (excludes halogenated alkanes) is 25. The van der Waals surface area contributed by atoms with Crippen molar-refractivity contribution in [2.24, 2.45) is 5.73 Å². The summed E-state index contributed by atoms with van der Waals surface area (Å²) < 4.78 is 33.5. The van der Waals surface area contributed by atoms with Gasteiger partial charge in [-0.3, -0.25) is 13.8 Å². The van der Waals surface area contributed by atoms with Crippen LogP contribution in [0.4, 0.5) is 0 Å². The highest BCUT2D eigenvalue weighted by molar-refractivity contribution is 7.47. The molecule has 0 amide bonds. The smallest absolute Gasteiger partial charge is 0.457 e. The van der Waals surface area contributed by atoms with Crippen LogP contribution in [0.1, 0.15) is 213 Å². The van der Waals surface area contributed by atoms with Crippen LogP contribution in [0.5, 0.6) is 0 Å². The number of phosphoric acid groups is 1. The van der Waals surface area contributed by atoms with E-state index < -0.39 is 13.9 Å². The second kappa shape index (κ2) is 43.8. The van der Waals surface area contributed by atoms with Gasteiger partial charge in [0.2, 0.25) is 0 Å². The Morgan fingerprint density at radius 1 is 0.545 bits per heavy atom. The lowest BCUT2D eigenvalue weighted by Gasteiger charge is -2.20. The van der Waals surface area contributed by atoms with Gasteiger partial charge < -0.3 is 20.1 Å². The van der Waals surface area contributed by atoms with Gasteiger partial charge in [0.05, 0.1) is 19.8 Å². The molecule has 0 aromatic carbocycles. The van der Waals surface area contributed by atoms with E-state index >= 15 is 0 Å². The summed E-state index contributed by atoms with van der Waals surface area (Å²) in [5.41, 5.74) is 5.37. The SMILES string of the molecule is CCCCC/C=C\C/C=C\CCCCCCCCCCCCOCC(COP(=O)(O)OCCN)OC(=O)CCCCCCC/C=C\CCCCCCCCC. The summed E-state index contributed by atoms with van der Waals surface area (Å²) in [4.78, 5) is 22.5. The first-order valence-corrected chi connectivity index (χ1v) is 24.5. The average Bonchev–Trinajstić information content (AvgIpc) is 3.17. The predicted molar refractivity (Wildman–Crippen MR) is 233 cm³/mol. The molecule has 0 saturated heterocycles. The van der Waals surface area contributed by atoms with E-state index in [9.17, 15) is 14.3 Å². The van der Waals surface area contributed by atoms with E-state index in [1.807, 2.05) is 0 Å². The van der Waals surface area contributed by atoms with E-state index in [4.69, 9.17) is 24.3 Å². The largest absolute Gasteiger partial charge is 0.472 e. The fraction of sp³-hybridized carbons (Fsp3) is 0.848. The molecule has 0 fully saturated rings. The monoisotopic (exact) mass is 798 g/mol. The fourth-order valence-corrected chi connectivity index (χ4v) is 7.14. The Bertz CT molecular complexity index is 941. The molecule has 0 aliphatic heterocycles. The first-order chi connectivity index (χ1) is 26.9. The number of phosphoric ester groups is 1. The summed E-state index contributed by atoms with van der Waals surface area (Å²) in [5.74, 6) is -0.338. The molecule has 9 heteroatoms. The maximum atomic E-state index is 12.6. The van der Waals surface area contributed by atoms with Gasteiger partial charge in [0.15, 0.2) is 0 Å². The van der Waals surface area contributed by atoms with Gasteiger partial charge in [-0.05, 0) is 70.6 Å². The van der Waals surface area contributed by atoms with Crippen LogP contribution in [0.15, 0.2) is 36.5 Å². The Balaban J connectivity index is 4.00. The van der Waals surface area contributed by atoms with Gasteiger partial charge in [-0.1, -0.05) is 172 Å². The van der Waals surface area contributed by atoms with E-state index in [1.165, 1.54) is 141 Å². The fourth-order valence-electron chi connectivity index (χ4n) is 6.37. The lowest BCUT2D eigenvalue weighted by atomic mass is 10.1. The van der Waals surface area contributed by atoms with Gasteiger partial charge in [0.25, 0.3) is 0 Å². The molecule has 8 nitrogen and oxygen atoms in total. The summed E-state index contributed by atoms with van der Waals surface area (Å²) in [7, 11) is -4.28. The molecule has 0 heterocycles. The molecule has 0 spiro atoms. The number of allylic oxidation sites excluding steroid dienone is 6. The number of carbonyl (C=O) groups is 1. The molecule has 0 bridgehead atoms. The maximum absolute atomic E-state index is 12.6. The third-order valence-electron chi connectivity index (χ3n) is 9.78. The van der Waals surface area contributed by atoms with E-state index in [2.05, 4.69) is 50.3 Å². The Morgan fingerprint density at radius 3 is 1.47 bits per heavy atom. The second-order valence-corrected chi connectivity index (χ2v) is 16.7. The lowest BCUT2D eigenvalue weighted by Crippen LogP contribution is -2.28. The van der Waals surface area contributed by atoms with Gasteiger partial charge in [-0.2, -0.15) is 0 Å². The normalized spacial score (nSPS) is 13.7. The number of carbonyl (C=O) groups excluding carboxylic acids is 1. The first kappa shape index (κ1) is 53.7. The molecule has 0 aliphatic carbocycles. The molecule has 324 valence electrons. The maximum Gasteiger partial charge on any atom is 0.472 e. The van der Waals surface area contributed by atoms with E-state index in [1.54, 1.807) is 0 Å². The number of rotatable bonds is 44. The van der Waals surface area contributed by atoms with Gasteiger partial charge in [0.1, 0.15) is 6.10 Å². The third kappa shape index (κ3) is 43.7. The minimum atomic E-state index is -4.28. The number of nitrogens with two attached hydrogens (primary N) is 1. The molecule has 0 aromatic heterocycles. The molecule has 55 heavy (non-hydrogen) atoms. The van der Waals surface area contributed by atoms with Crippen LogP contribution < -0.4 is 5.73 Å². The van der Waals surface area contributed by atoms with Crippen molar-refractivity contribution in [3.05, 3.63) is 36.5 Å². The summed E-state index contributed by atoms with van der Waals surface area (Å²) in [6, 6.07) is 0. The number of hydrogen-bond donors (Lipinski definition) is 2. The highest BCUT2D eigenvalue weighted by Gasteiger charge is 2.25. The zero-order chi connectivity index (χ0) is 40.2. The quantitative estimate of drug-likeness (QED) is 0.0271. The molecule has 0 saturated carbocycles. The molecule has 0 aromatic rings. The van der Waals surface area contributed by atoms with Crippen molar-refractivity contribution in [1.82, 2.24) is 0 Å². The summed E-state index contributed by atoms with van der Waals surface area (Å²) in [6.45, 7) is 4.90. The van der Waals surface area contributed by atoms with Crippen molar-refractivity contribution in [2.75, 3.05) is 33.0 Å². The van der Waals surface area contributed by atoms with Crippen LogP contribution in [-0.2, 0) is 27.9 Å². The predicted octanol–water partition coefficient (Wildman–Crippen LogP) is 13.8. The summed E-state index contributed by atoms with van der Waals surface area (Å²) in [5, 5.41) is 0. The first-order valence-electron chi connectivity index (χ1n) is 23.0. The van der Waals surface area contributed by atoms with Gasteiger partial charge in [-0.15, -0.1) is 0 Å². The Kier molecular flexibility index (Phi) is 42.8. The molecular weight excluding hydrogens is 709 g/mol. The Labute approximate surface area is 339 Å². The molecule has 2 unspecified atom stereocenters. The number of ether oxygens (including phenoxy) is 2. The zero-order valence-electron chi connectivity index (χ0n) is 35.9. The van der Waals surface area contributed by atoms with Crippen molar-refractivity contribution >= 4 is 13.8 Å². The van der Waals surface area contributed by atoms with Crippen LogP contribution in [-0.4, -0.2) is 49.9 Å². The minimum absolute atomic E-state index is 0.0974. The van der Waals surface area contributed by atoms with Crippen LogP contribution >= 0.6 is 7.82 Å². The van der Waals surface area contributed by atoms with E-state index in [-0.39, 0.29) is 32.3 Å². The second-order valence-electron chi connectivity index (χ2n) is 15.3. The van der Waals surface area contributed by atoms with Crippen LogP contribution in [0.2, 0.25) is 0 Å². The average molecular weight is 798 g/mol. The minimum Gasteiger partial charge on any atom is -0.457 e. The van der Waals surface area contributed by atoms with Crippen molar-refractivity contribution in [2.45, 2.75) is 219 Å². The topological polar surface area (TPSA) is 117 Å². The van der Waals surface area contributed by atoms with Crippen LogP contribution in [0.25, 0.3) is 0 Å². The Hall–Kier alpha value is -1.28. The van der Waals surface area contributed by atoms with Crippen molar-refractivity contribution < 1.29 is 32.8 Å². The van der Waals surface area contributed by atoms with Crippen molar-refractivity contribution in [3.8, 4) is 0 Å². The van der Waals surface area contributed by atoms with Gasteiger partial charge in [0, 0.05) is 19.6 Å². The van der Waals surface area contributed by atoms with E-state index in [0.29, 0.717) is 13.0 Å². The summed E-state index contributed by atoms with van der Waals surface area (Å²) in [6.07, 6.45) is 50.2. The van der Waals surface area contributed by atoms with Crippen molar-refractivity contribution in [3.63, 3.8) is 0 Å². The van der Waals surface area contributed by atoms with Crippen LogP contribution in [0.3, 0.4) is 0 Å². The molecule has 2 atom stereocenters. The summed E-state index contributed by atoms with van der Waals surface area (Å²) >= 11 is 0. The molecule has 0 rings (SSSR count). The number of esters is 1. The van der Waals surface area contributed by atoms with E-state index in [0.717, 1.165) is 51.4 Å². The third-order valence-corrected chi connectivity index (χ3v) is 10.8. The molecule has 0 aliphatic rings. The highest BCUT2D eigenvalue weighted by Crippen LogP contribution is 2.43. The molecule has 0 radical (unpaired) electrons. The zero-order valence-corrected chi connectivity index (χ0v) is 36.8. The van der Waals surface area contributed by atoms with Gasteiger partial charge >= 0.3 is 13.8 Å².